The maximum absolute atomic E-state index is 13.6. The molecule has 4 heteroatoms. The van der Waals surface area contributed by atoms with Gasteiger partial charge in [0, 0.05) is 19.2 Å². The molecule has 0 amide bonds. The number of halogens is 2. The molecular weight excluding hydrogens is 212 g/mol. The Balaban J connectivity index is 2.52. The van der Waals surface area contributed by atoms with Crippen LogP contribution in [0, 0.1) is 6.92 Å². The molecule has 0 saturated heterocycles. The molecule has 90 valence electrons. The fourth-order valence-corrected chi connectivity index (χ4v) is 1.32. The number of alkyl halides is 2. The third-order valence-electron chi connectivity index (χ3n) is 2.30. The van der Waals surface area contributed by atoms with Crippen molar-refractivity contribution in [1.82, 2.24) is 5.32 Å². The monoisotopic (exact) mass is 229 g/mol. The van der Waals surface area contributed by atoms with Crippen molar-refractivity contribution < 1.29 is 13.5 Å². The van der Waals surface area contributed by atoms with Gasteiger partial charge < -0.3 is 10.1 Å². The topological polar surface area (TPSA) is 21.3 Å². The van der Waals surface area contributed by atoms with Gasteiger partial charge in [0.25, 0.3) is 5.92 Å². The Hall–Kier alpha value is -1.00. The smallest absolute Gasteiger partial charge is 0.285 e. The van der Waals surface area contributed by atoms with Gasteiger partial charge in [-0.15, -0.1) is 0 Å². The normalized spacial score (nSPS) is 11.8. The van der Waals surface area contributed by atoms with Gasteiger partial charge in [0.05, 0.1) is 13.2 Å². The lowest BCUT2D eigenvalue weighted by molar-refractivity contribution is -0.00415. The minimum absolute atomic E-state index is 0.0445. The second kappa shape index (κ2) is 5.92. The highest BCUT2D eigenvalue weighted by atomic mass is 19.3. The van der Waals surface area contributed by atoms with Gasteiger partial charge in [0.1, 0.15) is 0 Å². The summed E-state index contributed by atoms with van der Waals surface area (Å²) in [4.78, 5) is 0. The largest absolute Gasteiger partial charge is 0.383 e. The highest BCUT2D eigenvalue weighted by Crippen LogP contribution is 2.26. The molecule has 0 aliphatic rings. The van der Waals surface area contributed by atoms with Crippen LogP contribution in [0.4, 0.5) is 8.78 Å². The van der Waals surface area contributed by atoms with E-state index < -0.39 is 5.92 Å². The predicted octanol–water partition coefficient (Wildman–Crippen LogP) is 2.32. The van der Waals surface area contributed by atoms with Crippen molar-refractivity contribution in [3.8, 4) is 0 Å². The fraction of sp³-hybridized carbons (Fsp3) is 0.500. The van der Waals surface area contributed by atoms with E-state index in [1.165, 1.54) is 12.1 Å². The first-order valence-corrected chi connectivity index (χ1v) is 5.21. The summed E-state index contributed by atoms with van der Waals surface area (Å²) >= 11 is 0. The zero-order chi connectivity index (χ0) is 12.0. The number of rotatable bonds is 6. The summed E-state index contributed by atoms with van der Waals surface area (Å²) in [6, 6.07) is 6.32. The minimum Gasteiger partial charge on any atom is -0.383 e. The van der Waals surface area contributed by atoms with Crippen LogP contribution in [-0.4, -0.2) is 26.8 Å². The summed E-state index contributed by atoms with van der Waals surface area (Å²) in [5, 5.41) is 2.66. The van der Waals surface area contributed by atoms with Crippen LogP contribution >= 0.6 is 0 Å². The summed E-state index contributed by atoms with van der Waals surface area (Å²) in [5.41, 5.74) is 1.02. The van der Waals surface area contributed by atoms with E-state index in [0.29, 0.717) is 13.2 Å². The van der Waals surface area contributed by atoms with Crippen LogP contribution in [0.15, 0.2) is 24.3 Å². The van der Waals surface area contributed by atoms with Crippen molar-refractivity contribution >= 4 is 0 Å². The standard InChI is InChI=1S/C12H17F2NO/c1-10-3-5-11(6-4-10)12(13,14)9-15-7-8-16-2/h3-6,15H,7-9H2,1-2H3. The van der Waals surface area contributed by atoms with E-state index in [9.17, 15) is 8.78 Å². The number of methoxy groups -OCH3 is 1. The van der Waals surface area contributed by atoms with Crippen molar-refractivity contribution in [1.29, 1.82) is 0 Å². The lowest BCUT2D eigenvalue weighted by Crippen LogP contribution is -2.32. The third-order valence-corrected chi connectivity index (χ3v) is 2.30. The molecule has 0 unspecified atom stereocenters. The highest BCUT2D eigenvalue weighted by molar-refractivity contribution is 5.25. The van der Waals surface area contributed by atoms with E-state index in [0.717, 1.165) is 5.56 Å². The lowest BCUT2D eigenvalue weighted by atomic mass is 10.1. The zero-order valence-corrected chi connectivity index (χ0v) is 9.59. The van der Waals surface area contributed by atoms with E-state index in [2.05, 4.69) is 5.32 Å². The number of hydrogen-bond donors (Lipinski definition) is 1. The maximum Gasteiger partial charge on any atom is 0.285 e. The van der Waals surface area contributed by atoms with Crippen molar-refractivity contribution in [3.63, 3.8) is 0 Å². The SMILES string of the molecule is COCCNCC(F)(F)c1ccc(C)cc1. The van der Waals surface area contributed by atoms with Gasteiger partial charge in [0.2, 0.25) is 0 Å². The first-order valence-electron chi connectivity index (χ1n) is 5.21. The minimum atomic E-state index is -2.83. The second-order valence-corrected chi connectivity index (χ2v) is 3.74. The number of nitrogens with one attached hydrogen (secondary N) is 1. The highest BCUT2D eigenvalue weighted by Gasteiger charge is 2.30. The Morgan fingerprint density at radius 3 is 2.44 bits per heavy atom. The van der Waals surface area contributed by atoms with Crippen LogP contribution in [0.3, 0.4) is 0 Å². The fourth-order valence-electron chi connectivity index (χ4n) is 1.32. The van der Waals surface area contributed by atoms with Crippen LogP contribution < -0.4 is 5.32 Å². The molecule has 2 nitrogen and oxygen atoms in total. The van der Waals surface area contributed by atoms with E-state index in [1.807, 2.05) is 6.92 Å². The van der Waals surface area contributed by atoms with Crippen molar-refractivity contribution in [2.24, 2.45) is 0 Å². The maximum atomic E-state index is 13.6. The summed E-state index contributed by atoms with van der Waals surface area (Å²) in [7, 11) is 1.54. The van der Waals surface area contributed by atoms with Gasteiger partial charge in [-0.05, 0) is 6.92 Å². The van der Waals surface area contributed by atoms with Gasteiger partial charge >= 0.3 is 0 Å². The summed E-state index contributed by atoms with van der Waals surface area (Å²) in [6.45, 7) is 2.38. The summed E-state index contributed by atoms with van der Waals surface area (Å²) in [6.07, 6.45) is 0. The molecule has 0 spiro atoms. The number of aryl methyl sites for hydroxylation is 1. The van der Waals surface area contributed by atoms with Crippen LogP contribution in [0.2, 0.25) is 0 Å². The molecule has 16 heavy (non-hydrogen) atoms. The first-order chi connectivity index (χ1) is 7.56. The van der Waals surface area contributed by atoms with E-state index >= 15 is 0 Å². The van der Waals surface area contributed by atoms with Gasteiger partial charge in [-0.1, -0.05) is 29.8 Å². The van der Waals surface area contributed by atoms with Crippen molar-refractivity contribution in [2.45, 2.75) is 12.8 Å². The van der Waals surface area contributed by atoms with Gasteiger partial charge in [0.15, 0.2) is 0 Å². The van der Waals surface area contributed by atoms with Crippen LogP contribution in [-0.2, 0) is 10.7 Å². The van der Waals surface area contributed by atoms with Crippen molar-refractivity contribution in [2.75, 3.05) is 26.8 Å². The molecule has 1 N–H and O–H groups in total. The number of ether oxygens (including phenoxy) is 1. The van der Waals surface area contributed by atoms with Crippen LogP contribution in [0.5, 0.6) is 0 Å². The Labute approximate surface area is 94.6 Å². The summed E-state index contributed by atoms with van der Waals surface area (Å²) < 4.78 is 32.0. The number of hydrogen-bond acceptors (Lipinski definition) is 2. The van der Waals surface area contributed by atoms with Crippen LogP contribution in [0.1, 0.15) is 11.1 Å². The second-order valence-electron chi connectivity index (χ2n) is 3.74. The van der Waals surface area contributed by atoms with E-state index in [4.69, 9.17) is 4.74 Å². The van der Waals surface area contributed by atoms with Gasteiger partial charge in [-0.25, -0.2) is 0 Å². The number of benzene rings is 1. The molecule has 0 saturated carbocycles. The van der Waals surface area contributed by atoms with Crippen LogP contribution in [0.25, 0.3) is 0 Å². The molecule has 1 aromatic carbocycles. The molecule has 1 aromatic rings. The van der Waals surface area contributed by atoms with Crippen molar-refractivity contribution in [3.05, 3.63) is 35.4 Å². The quantitative estimate of drug-likeness (QED) is 0.756. The molecule has 0 atom stereocenters. The van der Waals surface area contributed by atoms with E-state index in [1.54, 1.807) is 19.2 Å². The summed E-state index contributed by atoms with van der Waals surface area (Å²) in [5.74, 6) is -2.83. The Bertz CT molecular complexity index is 311. The van der Waals surface area contributed by atoms with E-state index in [-0.39, 0.29) is 12.1 Å². The molecule has 0 aliphatic carbocycles. The molecule has 0 fully saturated rings. The first kappa shape index (κ1) is 13.1. The average Bonchev–Trinajstić information content (AvgIpc) is 2.25. The molecule has 0 heterocycles. The third kappa shape index (κ3) is 3.87. The molecular formula is C12H17F2NO. The predicted molar refractivity (Wildman–Crippen MR) is 59.8 cm³/mol. The molecule has 0 radical (unpaired) electrons. The molecule has 1 rings (SSSR count). The Morgan fingerprint density at radius 1 is 1.25 bits per heavy atom. The lowest BCUT2D eigenvalue weighted by Gasteiger charge is -2.17. The average molecular weight is 229 g/mol. The van der Waals surface area contributed by atoms with Gasteiger partial charge in [-0.3, -0.25) is 0 Å². The molecule has 0 aromatic heterocycles. The Kier molecular flexibility index (Phi) is 4.83. The Morgan fingerprint density at radius 2 is 1.88 bits per heavy atom. The van der Waals surface area contributed by atoms with Gasteiger partial charge in [-0.2, -0.15) is 8.78 Å². The molecule has 0 bridgehead atoms. The zero-order valence-electron chi connectivity index (χ0n) is 9.59. The molecule has 0 aliphatic heterocycles.